The summed E-state index contributed by atoms with van der Waals surface area (Å²) >= 11 is 0. The molecule has 0 saturated carbocycles. The smallest absolute Gasteiger partial charge is 0.132 e. The third-order valence-electron chi connectivity index (χ3n) is 4.66. The largest absolute Gasteiger partial charge is 0.381 e. The van der Waals surface area contributed by atoms with E-state index in [-0.39, 0.29) is 0 Å². The highest BCUT2D eigenvalue weighted by atomic mass is 28.3. The standard InChI is InChI=1S/C22H26OSi/c1-4-5-12-18-22(23,19-17-20-13-8-6-9-14-20)24(2,3)21-15-10-7-11-16-21/h4,6-11,13-16,23H,1,5,12,18H2,2-3H3/t22-/m1/s1. The zero-order chi connectivity index (χ0) is 17.5. The molecule has 0 radical (unpaired) electrons. The summed E-state index contributed by atoms with van der Waals surface area (Å²) in [4.78, 5) is 0. The van der Waals surface area contributed by atoms with Crippen molar-refractivity contribution in [2.75, 3.05) is 0 Å². The second-order valence-electron chi connectivity index (χ2n) is 6.65. The number of rotatable bonds is 6. The Bertz CT molecular complexity index is 710. The molecule has 2 heteroatoms. The third-order valence-corrected chi connectivity index (χ3v) is 8.88. The van der Waals surface area contributed by atoms with Crippen LogP contribution in [0.5, 0.6) is 0 Å². The molecular formula is C22H26OSi. The molecule has 124 valence electrons. The van der Waals surface area contributed by atoms with Crippen LogP contribution in [0.1, 0.15) is 24.8 Å². The summed E-state index contributed by atoms with van der Waals surface area (Å²) in [6, 6.07) is 20.2. The number of benzene rings is 2. The lowest BCUT2D eigenvalue weighted by atomic mass is 10.1. The number of allylic oxidation sites excluding steroid dienone is 1. The first-order valence-electron chi connectivity index (χ1n) is 8.47. The van der Waals surface area contributed by atoms with E-state index in [9.17, 15) is 5.11 Å². The van der Waals surface area contributed by atoms with Gasteiger partial charge in [0.25, 0.3) is 0 Å². The van der Waals surface area contributed by atoms with Crippen molar-refractivity contribution in [1.82, 2.24) is 0 Å². The monoisotopic (exact) mass is 334 g/mol. The number of hydrogen-bond acceptors (Lipinski definition) is 1. The zero-order valence-corrected chi connectivity index (χ0v) is 15.6. The first-order valence-corrected chi connectivity index (χ1v) is 11.5. The third kappa shape index (κ3) is 4.26. The minimum atomic E-state index is -2.19. The highest BCUT2D eigenvalue weighted by molar-refractivity contribution is 6.92. The van der Waals surface area contributed by atoms with E-state index in [0.717, 1.165) is 18.4 Å². The Morgan fingerprint density at radius 3 is 2.21 bits per heavy atom. The summed E-state index contributed by atoms with van der Waals surface area (Å²) in [5, 5.41) is 11.8. The predicted octanol–water partition coefficient (Wildman–Crippen LogP) is 4.28. The molecule has 1 atom stereocenters. The van der Waals surface area contributed by atoms with Gasteiger partial charge in [-0.15, -0.1) is 6.58 Å². The Hall–Kier alpha value is -2.08. The lowest BCUT2D eigenvalue weighted by Crippen LogP contribution is -2.61. The molecule has 0 fully saturated rings. The minimum Gasteiger partial charge on any atom is -0.381 e. The number of aliphatic hydroxyl groups is 1. The van der Waals surface area contributed by atoms with Gasteiger partial charge in [-0.25, -0.2) is 0 Å². The quantitative estimate of drug-likeness (QED) is 0.362. The minimum absolute atomic E-state index is 0.674. The lowest BCUT2D eigenvalue weighted by molar-refractivity contribution is 0.164. The molecule has 1 N–H and O–H groups in total. The molecule has 0 heterocycles. The summed E-state index contributed by atoms with van der Waals surface area (Å²) in [6.45, 7) is 8.20. The van der Waals surface area contributed by atoms with Gasteiger partial charge in [-0.3, -0.25) is 0 Å². The van der Waals surface area contributed by atoms with Gasteiger partial charge in [-0.05, 0) is 31.4 Å². The van der Waals surface area contributed by atoms with Crippen LogP contribution in [0.25, 0.3) is 0 Å². The van der Waals surface area contributed by atoms with Gasteiger partial charge in [0.1, 0.15) is 13.3 Å². The summed E-state index contributed by atoms with van der Waals surface area (Å²) < 4.78 is 0. The molecule has 0 saturated heterocycles. The van der Waals surface area contributed by atoms with Crippen LogP contribution in [0.2, 0.25) is 13.1 Å². The van der Waals surface area contributed by atoms with Crippen molar-refractivity contribution in [2.45, 2.75) is 37.6 Å². The molecule has 1 nitrogen and oxygen atoms in total. The van der Waals surface area contributed by atoms with E-state index < -0.39 is 13.3 Å². The van der Waals surface area contributed by atoms with Crippen LogP contribution in [0.15, 0.2) is 73.3 Å². The first kappa shape index (κ1) is 18.3. The highest BCUT2D eigenvalue weighted by Crippen LogP contribution is 2.26. The highest BCUT2D eigenvalue weighted by Gasteiger charge is 2.45. The molecule has 0 aliphatic heterocycles. The van der Waals surface area contributed by atoms with Crippen molar-refractivity contribution in [3.8, 4) is 11.8 Å². The fourth-order valence-corrected chi connectivity index (χ4v) is 5.50. The van der Waals surface area contributed by atoms with Crippen molar-refractivity contribution >= 4 is 13.3 Å². The molecule has 0 amide bonds. The SMILES string of the molecule is C=CCCC[C@](O)(C#Cc1ccccc1)[Si](C)(C)c1ccccc1. The van der Waals surface area contributed by atoms with Gasteiger partial charge in [0.05, 0.1) is 0 Å². The summed E-state index contributed by atoms with van der Waals surface area (Å²) in [5.41, 5.74) is 0.942. The molecular weight excluding hydrogens is 308 g/mol. The Kier molecular flexibility index (Phi) is 6.20. The van der Waals surface area contributed by atoms with Gasteiger partial charge >= 0.3 is 0 Å². The van der Waals surface area contributed by atoms with Crippen LogP contribution in [0.3, 0.4) is 0 Å². The van der Waals surface area contributed by atoms with Gasteiger partial charge in [-0.1, -0.05) is 84.7 Å². The van der Waals surface area contributed by atoms with E-state index in [2.05, 4.69) is 43.6 Å². The van der Waals surface area contributed by atoms with E-state index in [0.29, 0.717) is 6.42 Å². The van der Waals surface area contributed by atoms with Gasteiger partial charge in [0.2, 0.25) is 0 Å². The zero-order valence-electron chi connectivity index (χ0n) is 14.6. The molecule has 2 aromatic rings. The first-order chi connectivity index (χ1) is 11.5. The molecule has 0 aliphatic rings. The predicted molar refractivity (Wildman–Crippen MR) is 106 cm³/mol. The Balaban J connectivity index is 2.39. The molecule has 0 bridgehead atoms. The van der Waals surface area contributed by atoms with Gasteiger partial charge in [-0.2, -0.15) is 0 Å². The van der Waals surface area contributed by atoms with E-state index in [4.69, 9.17) is 0 Å². The van der Waals surface area contributed by atoms with Crippen molar-refractivity contribution in [2.24, 2.45) is 0 Å². The molecule has 0 spiro atoms. The van der Waals surface area contributed by atoms with Crippen LogP contribution in [-0.2, 0) is 0 Å². The van der Waals surface area contributed by atoms with Crippen molar-refractivity contribution in [3.05, 3.63) is 78.9 Å². The van der Waals surface area contributed by atoms with E-state index in [1.165, 1.54) is 5.19 Å². The van der Waals surface area contributed by atoms with Crippen molar-refractivity contribution < 1.29 is 5.11 Å². The topological polar surface area (TPSA) is 20.2 Å². The normalized spacial score (nSPS) is 13.5. The van der Waals surface area contributed by atoms with E-state index in [1.807, 2.05) is 54.6 Å². The van der Waals surface area contributed by atoms with Crippen molar-refractivity contribution in [3.63, 3.8) is 0 Å². The van der Waals surface area contributed by atoms with Gasteiger partial charge in [0, 0.05) is 5.56 Å². The number of hydrogen-bond donors (Lipinski definition) is 1. The maximum atomic E-state index is 11.5. The fourth-order valence-electron chi connectivity index (χ4n) is 2.82. The van der Waals surface area contributed by atoms with Gasteiger partial charge < -0.3 is 5.11 Å². The van der Waals surface area contributed by atoms with Crippen LogP contribution < -0.4 is 5.19 Å². The average molecular weight is 335 g/mol. The van der Waals surface area contributed by atoms with Crippen LogP contribution in [0, 0.1) is 11.8 Å². The van der Waals surface area contributed by atoms with Crippen LogP contribution >= 0.6 is 0 Å². The van der Waals surface area contributed by atoms with Crippen molar-refractivity contribution in [1.29, 1.82) is 0 Å². The van der Waals surface area contributed by atoms with E-state index in [1.54, 1.807) is 0 Å². The second-order valence-corrected chi connectivity index (χ2v) is 11.3. The lowest BCUT2D eigenvalue weighted by Gasteiger charge is -2.38. The maximum absolute atomic E-state index is 11.5. The molecule has 0 unspecified atom stereocenters. The molecule has 24 heavy (non-hydrogen) atoms. The summed E-state index contributed by atoms with van der Waals surface area (Å²) in [5.74, 6) is 6.44. The maximum Gasteiger partial charge on any atom is 0.132 e. The Labute approximate surface area is 147 Å². The van der Waals surface area contributed by atoms with Crippen LogP contribution in [-0.4, -0.2) is 18.4 Å². The molecule has 2 aromatic carbocycles. The summed E-state index contributed by atoms with van der Waals surface area (Å²) in [7, 11) is -2.19. The molecule has 0 aliphatic carbocycles. The molecule has 2 rings (SSSR count). The average Bonchev–Trinajstić information content (AvgIpc) is 2.62. The summed E-state index contributed by atoms with van der Waals surface area (Å²) in [6.07, 6.45) is 4.37. The fraction of sp³-hybridized carbons (Fsp3) is 0.273. The Morgan fingerprint density at radius 2 is 1.62 bits per heavy atom. The van der Waals surface area contributed by atoms with E-state index >= 15 is 0 Å². The Morgan fingerprint density at radius 1 is 1.04 bits per heavy atom. The van der Waals surface area contributed by atoms with Gasteiger partial charge in [0.15, 0.2) is 0 Å². The van der Waals surface area contributed by atoms with Crippen LogP contribution in [0.4, 0.5) is 0 Å². The molecule has 0 aromatic heterocycles. The second kappa shape index (κ2) is 8.15. The number of unbranched alkanes of at least 4 members (excludes halogenated alkanes) is 1.